The topological polar surface area (TPSA) is 307 Å². The summed E-state index contributed by atoms with van der Waals surface area (Å²) in [4.78, 5) is 13.5. The Kier molecular flexibility index (Phi) is 64.7. The molecule has 19 nitrogen and oxygen atoms in total. The summed E-state index contributed by atoms with van der Waals surface area (Å²) in [6.07, 6.45) is 60.5. The van der Waals surface area contributed by atoms with Crippen molar-refractivity contribution in [2.45, 2.75) is 510 Å². The number of unbranched alkanes of at least 4 members (excludes halogenated alkanes) is 57. The van der Waals surface area contributed by atoms with E-state index in [1.54, 1.807) is 6.08 Å². The molecule has 0 aromatic rings. The molecule has 3 saturated heterocycles. The maximum Gasteiger partial charge on any atom is 0.220 e. The lowest BCUT2D eigenvalue weighted by molar-refractivity contribution is -0.379. The fourth-order valence-electron chi connectivity index (χ4n) is 15.7. The van der Waals surface area contributed by atoms with Crippen LogP contribution in [0.15, 0.2) is 24.3 Å². The number of rotatable bonds is 75. The van der Waals surface area contributed by atoms with Gasteiger partial charge in [-0.15, -0.1) is 0 Å². The Bertz CT molecular complexity index is 2040. The van der Waals surface area contributed by atoms with Crippen molar-refractivity contribution < 1.29 is 89.4 Å². The third-order valence-electron chi connectivity index (χ3n) is 23.0. The van der Waals surface area contributed by atoms with Gasteiger partial charge in [-0.05, 0) is 44.9 Å². The van der Waals surface area contributed by atoms with Crippen molar-refractivity contribution in [3.8, 4) is 0 Å². The second-order valence-corrected chi connectivity index (χ2v) is 32.8. The minimum Gasteiger partial charge on any atom is -0.394 e. The highest BCUT2D eigenvalue weighted by Gasteiger charge is 2.54. The van der Waals surface area contributed by atoms with Gasteiger partial charge in [-0.2, -0.15) is 0 Å². The Hall–Kier alpha value is -1.73. The number of hydrogen-bond acceptors (Lipinski definition) is 18. The molecule has 3 aliphatic rings. The Balaban J connectivity index is 1.32. The minimum atomic E-state index is -1.98. The van der Waals surface area contributed by atoms with Crippen LogP contribution >= 0.6 is 0 Å². The van der Waals surface area contributed by atoms with Crippen molar-refractivity contribution in [3.63, 3.8) is 0 Å². The summed E-state index contributed by atoms with van der Waals surface area (Å²) in [5.41, 5.74) is 0. The summed E-state index contributed by atoms with van der Waals surface area (Å²) in [5, 5.41) is 121. The largest absolute Gasteiger partial charge is 0.394 e. The molecule has 0 aromatic heterocycles. The fourth-order valence-corrected chi connectivity index (χ4v) is 15.7. The van der Waals surface area contributed by atoms with E-state index in [9.17, 15) is 61.0 Å². The third-order valence-corrected chi connectivity index (χ3v) is 23.0. The van der Waals surface area contributed by atoms with Gasteiger partial charge in [-0.3, -0.25) is 4.79 Å². The maximum absolute atomic E-state index is 13.5. The number of carbonyl (C=O) groups is 1. The molecular formula is C89H169NO18. The Morgan fingerprint density at radius 3 is 0.898 bits per heavy atom. The van der Waals surface area contributed by atoms with Crippen LogP contribution in [0, 0.1) is 0 Å². The zero-order valence-electron chi connectivity index (χ0n) is 68.9. The molecule has 3 heterocycles. The summed E-state index contributed by atoms with van der Waals surface area (Å²) in [6, 6.07) is -0.973. The van der Waals surface area contributed by atoms with E-state index in [0.717, 1.165) is 44.9 Å². The lowest BCUT2D eigenvalue weighted by atomic mass is 9.96. The summed E-state index contributed by atoms with van der Waals surface area (Å²) in [6.45, 7) is 1.81. The highest BCUT2D eigenvalue weighted by Crippen LogP contribution is 2.34. The van der Waals surface area contributed by atoms with Gasteiger partial charge in [-0.25, -0.2) is 0 Å². The van der Waals surface area contributed by atoms with E-state index in [-0.39, 0.29) is 18.9 Å². The minimum absolute atomic E-state index is 0.249. The first kappa shape index (κ1) is 100. The average Bonchev–Trinajstić information content (AvgIpc) is 0.779. The van der Waals surface area contributed by atoms with Gasteiger partial charge in [-0.1, -0.05) is 378 Å². The number of hydrogen-bond donors (Lipinski definition) is 12. The molecule has 3 aliphatic heterocycles. The molecule has 0 saturated carbocycles. The molecule has 0 radical (unpaired) electrons. The van der Waals surface area contributed by atoms with E-state index in [2.05, 4.69) is 31.3 Å². The lowest BCUT2D eigenvalue weighted by Gasteiger charge is -2.48. The van der Waals surface area contributed by atoms with Gasteiger partial charge < -0.3 is 89.9 Å². The Labute approximate surface area is 658 Å². The predicted molar refractivity (Wildman–Crippen MR) is 434 cm³/mol. The smallest absolute Gasteiger partial charge is 0.220 e. The maximum atomic E-state index is 13.5. The summed E-state index contributed by atoms with van der Waals surface area (Å²) in [7, 11) is 0. The standard InChI is InChI=1S/C89H169NO18/c1-3-5-7-9-11-13-15-17-19-21-23-25-27-29-31-33-35-36-37-39-41-43-45-47-49-51-53-55-57-59-61-63-65-67-77(95)90-72(73(94)66-64-62-60-58-56-54-52-50-48-46-44-42-40-38-34-32-30-28-26-24-22-20-18-16-14-12-10-8-6-4-2)71-103-87-83(101)80(98)85(75(69-92)105-87)108-89-84(102)81(99)86(76(70-93)106-89)107-88-82(100)79(97)78(96)74(68-91)104-88/h21,23,64,66,72-76,78-89,91-94,96-102H,3-20,22,24-63,65,67-71H2,1-2H3,(H,90,95)/b23-21-,66-64+. The summed E-state index contributed by atoms with van der Waals surface area (Å²) < 4.78 is 34.5. The van der Waals surface area contributed by atoms with Crippen LogP contribution < -0.4 is 5.32 Å². The van der Waals surface area contributed by atoms with Gasteiger partial charge in [0.05, 0.1) is 38.6 Å². The first-order valence-corrected chi connectivity index (χ1v) is 45.6. The van der Waals surface area contributed by atoms with E-state index in [1.807, 2.05) is 6.08 Å². The van der Waals surface area contributed by atoms with E-state index in [0.29, 0.717) is 6.42 Å². The zero-order valence-corrected chi connectivity index (χ0v) is 68.9. The van der Waals surface area contributed by atoms with Crippen molar-refractivity contribution in [2.24, 2.45) is 0 Å². The van der Waals surface area contributed by atoms with Gasteiger partial charge in [0.25, 0.3) is 0 Å². The molecular weight excluding hydrogens is 1370 g/mol. The van der Waals surface area contributed by atoms with E-state index < -0.39 is 124 Å². The molecule has 3 rings (SSSR count). The molecule has 0 spiro atoms. The van der Waals surface area contributed by atoms with Gasteiger partial charge >= 0.3 is 0 Å². The third kappa shape index (κ3) is 48.0. The molecule has 19 heteroatoms. The van der Waals surface area contributed by atoms with Crippen molar-refractivity contribution in [1.29, 1.82) is 0 Å². The second-order valence-electron chi connectivity index (χ2n) is 32.8. The van der Waals surface area contributed by atoms with Crippen molar-refractivity contribution in [3.05, 3.63) is 24.3 Å². The quantitative estimate of drug-likeness (QED) is 0.0199. The van der Waals surface area contributed by atoms with Gasteiger partial charge in [0.2, 0.25) is 5.91 Å². The van der Waals surface area contributed by atoms with Gasteiger partial charge in [0.15, 0.2) is 18.9 Å². The fraction of sp³-hybridized carbons (Fsp3) is 0.944. The highest BCUT2D eigenvalue weighted by atomic mass is 16.8. The lowest BCUT2D eigenvalue weighted by Crippen LogP contribution is -2.66. The van der Waals surface area contributed by atoms with Crippen molar-refractivity contribution in [1.82, 2.24) is 5.32 Å². The van der Waals surface area contributed by atoms with Crippen molar-refractivity contribution >= 4 is 5.91 Å². The molecule has 17 unspecified atom stereocenters. The summed E-state index contributed by atoms with van der Waals surface area (Å²) >= 11 is 0. The number of nitrogens with one attached hydrogen (secondary N) is 1. The van der Waals surface area contributed by atoms with Crippen molar-refractivity contribution in [2.75, 3.05) is 26.4 Å². The van der Waals surface area contributed by atoms with Crippen LogP contribution in [0.25, 0.3) is 0 Å². The van der Waals surface area contributed by atoms with Crippen LogP contribution in [0.3, 0.4) is 0 Å². The number of allylic oxidation sites excluding steroid dienone is 3. The molecule has 108 heavy (non-hydrogen) atoms. The van der Waals surface area contributed by atoms with Crippen LogP contribution in [0.5, 0.6) is 0 Å². The monoisotopic (exact) mass is 1540 g/mol. The molecule has 1 amide bonds. The number of aliphatic hydroxyl groups excluding tert-OH is 11. The molecule has 12 N–H and O–H groups in total. The molecule has 0 aromatic carbocycles. The highest BCUT2D eigenvalue weighted by molar-refractivity contribution is 5.76. The zero-order chi connectivity index (χ0) is 78.1. The van der Waals surface area contributed by atoms with Gasteiger partial charge in [0.1, 0.15) is 73.2 Å². The van der Waals surface area contributed by atoms with Crippen LogP contribution in [0.2, 0.25) is 0 Å². The first-order chi connectivity index (χ1) is 52.8. The first-order valence-electron chi connectivity index (χ1n) is 45.6. The predicted octanol–water partition coefficient (Wildman–Crippen LogP) is 17.2. The number of amides is 1. The van der Waals surface area contributed by atoms with Crippen LogP contribution in [0.4, 0.5) is 0 Å². The number of ether oxygens (including phenoxy) is 6. The van der Waals surface area contributed by atoms with Crippen LogP contribution in [-0.2, 0) is 33.2 Å². The van der Waals surface area contributed by atoms with E-state index >= 15 is 0 Å². The van der Waals surface area contributed by atoms with Crippen LogP contribution in [-0.4, -0.2) is 193 Å². The summed E-state index contributed by atoms with van der Waals surface area (Å²) in [5.74, 6) is -0.266. The SMILES string of the molecule is CCCCCCCCCC/C=C\CCCCCCCCCCCCCCCCCCCCCCCC(=O)NC(COC1OC(CO)C(OC2OC(CO)C(OC3OC(CO)C(O)C(O)C3O)C(O)C2O)C(O)C1O)C(O)/C=C/CCCCCCCCCCCCCCCCCCCCCCCCCCCCCC. The molecule has 17 atom stereocenters. The Morgan fingerprint density at radius 1 is 0.324 bits per heavy atom. The molecule has 0 aliphatic carbocycles. The second kappa shape index (κ2) is 69.6. The normalized spacial score (nSPS) is 25.4. The van der Waals surface area contributed by atoms with Crippen LogP contribution in [0.1, 0.15) is 406 Å². The molecule has 638 valence electrons. The average molecular weight is 1540 g/mol. The number of carbonyl (C=O) groups excluding carboxylic acids is 1. The Morgan fingerprint density at radius 2 is 0.583 bits per heavy atom. The molecule has 0 bridgehead atoms. The number of aliphatic hydroxyl groups is 11. The van der Waals surface area contributed by atoms with E-state index in [4.69, 9.17) is 28.4 Å². The van der Waals surface area contributed by atoms with Gasteiger partial charge in [0, 0.05) is 6.42 Å². The molecule has 3 fully saturated rings. The van der Waals surface area contributed by atoms with E-state index in [1.165, 1.54) is 334 Å².